The van der Waals surface area contributed by atoms with Crippen molar-refractivity contribution in [3.8, 4) is 11.6 Å². The number of nitrogens with zero attached hydrogens (tertiary/aromatic N) is 24. The number of nitrogens with two attached hydrogens (primary N) is 6. The molecule has 9 aromatic heterocycles. The van der Waals surface area contributed by atoms with E-state index in [0.29, 0.717) is 23.5 Å². The summed E-state index contributed by atoms with van der Waals surface area (Å²) in [6, 6.07) is 72.4. The van der Waals surface area contributed by atoms with Crippen LogP contribution in [0.2, 0.25) is 0 Å². The number of hydrogen-bond donors (Lipinski definition) is 7. The minimum absolute atomic E-state index is 0. The average Bonchev–Trinajstić information content (AvgIpc) is 1.62. The Labute approximate surface area is 756 Å². The number of nitrogens with one attached hydrogen (secondary N) is 1. The van der Waals surface area contributed by atoms with E-state index >= 15 is 0 Å². The number of nitro groups is 2. The Morgan fingerprint density at radius 2 is 0.744 bits per heavy atom. The number of fused-ring (bicyclic) bond motifs is 7. The molecule has 0 spiro atoms. The summed E-state index contributed by atoms with van der Waals surface area (Å²) >= 11 is 0. The number of hydrogen-bond acceptors (Lipinski definition) is 31. The molecule has 39 heteroatoms. The summed E-state index contributed by atoms with van der Waals surface area (Å²) in [6.07, 6.45) is 19.8. The van der Waals surface area contributed by atoms with Crippen LogP contribution in [0.5, 0.6) is 0 Å². The SMILES string of the molecule is Cl.Cl.Cl.Nc1nccc(-n2ccc3ccccc32)n1.Nc1nccc(-n2cnc3ccccc32)n1.Nc1nccc(N2CCc3cc(F)ccc32)n1.Nc1nccc(N2CCc3cc([N+](=O)[O-])ccc32)n1.Nc1nccc(N2CCc3ccc([N+](=O)[O-])cc32)n1.Nc1nccc(N2CCc3ccccc3C2)n1.c1ccc(Nc2nccc(N3CCc4ccccc43)n2)cc1. The minimum atomic E-state index is -0.398. The number of imidazole rings is 1. The third-order valence-corrected chi connectivity index (χ3v) is 20.9. The smallest absolute Gasteiger partial charge is 0.271 e. The highest BCUT2D eigenvalue weighted by molar-refractivity contribution is 5.86. The first-order valence-corrected chi connectivity index (χ1v) is 39.9. The number of aromatic nitrogens is 17. The molecule has 0 fully saturated rings. The van der Waals surface area contributed by atoms with E-state index in [4.69, 9.17) is 34.4 Å². The van der Waals surface area contributed by atoms with Crippen molar-refractivity contribution in [3.63, 3.8) is 0 Å². The van der Waals surface area contributed by atoms with Crippen LogP contribution in [0.1, 0.15) is 33.4 Å². The lowest BCUT2D eigenvalue weighted by Crippen LogP contribution is -2.31. The van der Waals surface area contributed by atoms with Gasteiger partial charge in [0, 0.05) is 136 Å². The van der Waals surface area contributed by atoms with E-state index in [1.807, 2.05) is 127 Å². The van der Waals surface area contributed by atoms with E-state index < -0.39 is 4.92 Å². The summed E-state index contributed by atoms with van der Waals surface area (Å²) in [5.74, 6) is 7.42. The van der Waals surface area contributed by atoms with Crippen molar-refractivity contribution in [2.45, 2.75) is 38.6 Å². The molecule has 0 saturated heterocycles. The fraction of sp³-hybridized carbons (Fsp3) is 0.122. The average molecular weight is 1790 g/mol. The Kier molecular flexibility index (Phi) is 29.3. The molecule has 0 radical (unpaired) electrons. The Bertz CT molecular complexity index is 6650. The van der Waals surface area contributed by atoms with E-state index in [0.717, 1.165) is 156 Å². The zero-order chi connectivity index (χ0) is 87.0. The molecule has 0 atom stereocenters. The topological polar surface area (TPSA) is 474 Å². The largest absolute Gasteiger partial charge is 0.368 e. The van der Waals surface area contributed by atoms with Crippen molar-refractivity contribution < 1.29 is 14.2 Å². The summed E-state index contributed by atoms with van der Waals surface area (Å²) < 4.78 is 17.0. The second-order valence-electron chi connectivity index (χ2n) is 28.8. The van der Waals surface area contributed by atoms with E-state index in [1.54, 1.807) is 110 Å². The number of anilines is 17. The fourth-order valence-electron chi connectivity index (χ4n) is 15.0. The highest BCUT2D eigenvalue weighted by atomic mass is 35.5. The molecule has 17 aromatic rings. The number of rotatable bonds is 11. The summed E-state index contributed by atoms with van der Waals surface area (Å²) in [6.45, 7) is 5.08. The van der Waals surface area contributed by atoms with Gasteiger partial charge in [-0.15, -0.1) is 37.2 Å². The lowest BCUT2D eigenvalue weighted by molar-refractivity contribution is -0.385. The monoisotopic (exact) mass is 1790 g/mol. The van der Waals surface area contributed by atoms with Gasteiger partial charge in [-0.1, -0.05) is 97.1 Å². The number of benzene rings is 8. The zero-order valence-corrected chi connectivity index (χ0v) is 71.3. The molecule has 5 aliphatic rings. The van der Waals surface area contributed by atoms with Gasteiger partial charge in [0.25, 0.3) is 11.4 Å². The molecule has 652 valence electrons. The highest BCUT2D eigenvalue weighted by Gasteiger charge is 2.28. The quantitative estimate of drug-likeness (QED) is 0.0467. The van der Waals surface area contributed by atoms with E-state index in [-0.39, 0.29) is 89.1 Å². The van der Waals surface area contributed by atoms with Crippen LogP contribution in [0.15, 0.2) is 286 Å². The third-order valence-electron chi connectivity index (χ3n) is 20.9. The van der Waals surface area contributed by atoms with Crippen molar-refractivity contribution >= 4 is 170 Å². The van der Waals surface area contributed by atoms with E-state index in [9.17, 15) is 24.6 Å². The van der Waals surface area contributed by atoms with Gasteiger partial charge in [0.15, 0.2) is 0 Å². The molecule has 22 rings (SSSR count). The molecule has 14 heterocycles. The Morgan fingerprint density at radius 1 is 0.333 bits per heavy atom. The molecule has 0 unspecified atom stereocenters. The summed E-state index contributed by atoms with van der Waals surface area (Å²) in [5, 5.41) is 26.0. The number of nitrogen functional groups attached to an aromatic ring is 6. The molecule has 0 saturated carbocycles. The van der Waals surface area contributed by atoms with Crippen LogP contribution in [-0.4, -0.2) is 126 Å². The van der Waals surface area contributed by atoms with Crippen molar-refractivity contribution in [2.75, 3.05) is 96.9 Å². The molecule has 5 aliphatic heterocycles. The highest BCUT2D eigenvalue weighted by Crippen LogP contribution is 2.40. The van der Waals surface area contributed by atoms with Gasteiger partial charge < -0.3 is 68.8 Å². The molecule has 0 amide bonds. The molecule has 129 heavy (non-hydrogen) atoms. The van der Waals surface area contributed by atoms with Crippen LogP contribution in [-0.2, 0) is 38.6 Å². The van der Waals surface area contributed by atoms with Crippen LogP contribution in [0, 0.1) is 26.0 Å². The van der Waals surface area contributed by atoms with Gasteiger partial charge in [0.1, 0.15) is 52.9 Å². The molecule has 0 bridgehead atoms. The maximum atomic E-state index is 13.1. The van der Waals surface area contributed by atoms with Crippen LogP contribution < -0.4 is 64.2 Å². The number of halogens is 4. The second-order valence-corrected chi connectivity index (χ2v) is 28.8. The Balaban J connectivity index is 0.000000128. The number of para-hydroxylation sites is 5. The first kappa shape index (κ1) is 90.3. The molecule has 35 nitrogen and oxygen atoms in total. The van der Waals surface area contributed by atoms with Crippen molar-refractivity contribution in [2.24, 2.45) is 0 Å². The zero-order valence-electron chi connectivity index (χ0n) is 68.8. The summed E-state index contributed by atoms with van der Waals surface area (Å²) in [7, 11) is 0. The van der Waals surface area contributed by atoms with Gasteiger partial charge in [-0.05, 0) is 180 Å². The van der Waals surface area contributed by atoms with Crippen LogP contribution in [0.4, 0.5) is 115 Å². The van der Waals surface area contributed by atoms with Gasteiger partial charge in [0.05, 0.1) is 32.1 Å². The van der Waals surface area contributed by atoms with Gasteiger partial charge >= 0.3 is 0 Å². The number of non-ortho nitro benzene ring substituents is 2. The van der Waals surface area contributed by atoms with E-state index in [1.165, 1.54) is 46.0 Å². The summed E-state index contributed by atoms with van der Waals surface area (Å²) in [5.41, 5.74) is 48.8. The second kappa shape index (κ2) is 41.8. The Morgan fingerprint density at radius 3 is 1.33 bits per heavy atom. The van der Waals surface area contributed by atoms with Gasteiger partial charge in [-0.25, -0.2) is 44.3 Å². The van der Waals surface area contributed by atoms with Gasteiger partial charge in [-0.3, -0.25) is 24.8 Å². The first-order valence-electron chi connectivity index (χ1n) is 39.9. The predicted molar refractivity (Wildman–Crippen MR) is 507 cm³/mol. The fourth-order valence-corrected chi connectivity index (χ4v) is 15.0. The number of nitro benzene ring substituents is 2. The normalized spacial score (nSPS) is 12.6. The lowest BCUT2D eigenvalue weighted by Gasteiger charge is -2.29. The van der Waals surface area contributed by atoms with Crippen molar-refractivity contribution in [3.05, 3.63) is 346 Å². The maximum Gasteiger partial charge on any atom is 0.271 e. The molecular formula is C90H85Cl3FN31O4. The maximum absolute atomic E-state index is 13.1. The predicted octanol–water partition coefficient (Wildman–Crippen LogP) is 15.4. The lowest BCUT2D eigenvalue weighted by atomic mass is 10.00. The standard InChI is InChI=1S/C18H16N4.C13H14N4.C12H11FN4.2C12H11N5O2.C12H10N4.C11H9N5.3ClH/c1-2-7-15(8-3-1)20-18-19-12-10-17(21-18)22-13-11-14-6-4-5-9-16(14)22;14-13-15-7-5-12(16-13)17-8-6-10-3-1-2-4-11(10)9-17;13-9-1-2-10-8(7-9)4-6-17(10)11-3-5-15-12(14)16-11;13-12-14-5-3-11(15-12)16-6-4-8-7-9(17(18)19)1-2-10(8)16;13-12-14-5-3-11(15-12)16-6-4-8-1-2-9(17(18)19)7-10(8)16;13-12-14-7-5-11(15-12)16-8-6-9-3-1-2-4-10(9)16;12-11-13-6-5-10(15-11)16-7-14-8-3-1-2-4-9(8)16;;;/h1-10,12H,11,13H2,(H,19,20,21);1-5,7H,6,8-9H2,(H2,14,15,16);1-3,5,7H,4,6H2,(H2,14,15,16);2*1-3,5,7H,4,6H2,(H2,13,14,15);1-8H,(H2,13,14,15);1-7H,(H2,12,13,15);3*1H. The minimum Gasteiger partial charge on any atom is -0.368 e. The van der Waals surface area contributed by atoms with Crippen LogP contribution in [0.3, 0.4) is 0 Å². The molecule has 8 aromatic carbocycles. The van der Waals surface area contributed by atoms with E-state index in [2.05, 4.69) is 144 Å². The van der Waals surface area contributed by atoms with Gasteiger partial charge in [-0.2, -0.15) is 34.9 Å². The third kappa shape index (κ3) is 21.8. The Hall–Kier alpha value is -16.5. The van der Waals surface area contributed by atoms with Gasteiger partial charge in [0.2, 0.25) is 41.6 Å². The van der Waals surface area contributed by atoms with Crippen molar-refractivity contribution in [1.29, 1.82) is 0 Å². The molecular weight excluding hydrogens is 1700 g/mol. The molecule has 0 aliphatic carbocycles. The van der Waals surface area contributed by atoms with Crippen LogP contribution >= 0.6 is 37.2 Å². The summed E-state index contributed by atoms with van der Waals surface area (Å²) in [4.78, 5) is 92.8. The van der Waals surface area contributed by atoms with Crippen molar-refractivity contribution in [1.82, 2.24) is 83.9 Å². The van der Waals surface area contributed by atoms with Crippen LogP contribution in [0.25, 0.3) is 33.6 Å². The first-order chi connectivity index (χ1) is 61.4. The molecule has 13 N–H and O–H groups in total.